The van der Waals surface area contributed by atoms with Crippen molar-refractivity contribution < 1.29 is 23.8 Å². The molecule has 162 valence electrons. The lowest BCUT2D eigenvalue weighted by molar-refractivity contribution is -0.118. The fourth-order valence-electron chi connectivity index (χ4n) is 2.87. The van der Waals surface area contributed by atoms with Crippen LogP contribution in [0.3, 0.4) is 0 Å². The van der Waals surface area contributed by atoms with Gasteiger partial charge >= 0.3 is 5.97 Å². The molecule has 1 fully saturated rings. The molecule has 31 heavy (non-hydrogen) atoms. The summed E-state index contributed by atoms with van der Waals surface area (Å²) in [6, 6.07) is 12.4. The van der Waals surface area contributed by atoms with Crippen LogP contribution in [-0.2, 0) is 16.0 Å². The second-order valence-electron chi connectivity index (χ2n) is 6.48. The number of benzene rings is 2. The number of carbonyl (C=O) groups excluding carboxylic acids is 2. The van der Waals surface area contributed by atoms with E-state index in [1.165, 1.54) is 11.8 Å². The van der Waals surface area contributed by atoms with Gasteiger partial charge in [-0.15, -0.1) is 5.10 Å². The second-order valence-corrected chi connectivity index (χ2v) is 7.67. The first-order chi connectivity index (χ1) is 15.0. The fraction of sp³-hybridized carbons (Fsp3) is 0.273. The van der Waals surface area contributed by atoms with E-state index in [2.05, 4.69) is 15.5 Å². The van der Waals surface area contributed by atoms with Gasteiger partial charge in [-0.3, -0.25) is 4.79 Å². The van der Waals surface area contributed by atoms with Gasteiger partial charge in [0, 0.05) is 0 Å². The molecule has 2 aromatic rings. The molecule has 2 aromatic carbocycles. The molecule has 3 rings (SSSR count). The third kappa shape index (κ3) is 5.85. The Morgan fingerprint density at radius 2 is 1.87 bits per heavy atom. The SMILES string of the molecule is CCOC(=O)c1ccc(CC2S/C(=N/N=C/c3ccc(OC)c(OC)c3)NC2=O)cc1. The number of ether oxygens (including phenoxy) is 3. The lowest BCUT2D eigenvalue weighted by Crippen LogP contribution is -2.25. The standard InChI is InChI=1S/C22H23N3O5S/c1-4-30-21(27)16-8-5-14(6-9-16)12-19-20(26)24-22(31-19)25-23-13-15-7-10-17(28-2)18(11-15)29-3/h5-11,13,19H,4,12H2,1-3H3,(H,24,25,26)/b23-13+. The Bertz CT molecular complexity index is 1000. The van der Waals surface area contributed by atoms with Crippen LogP contribution in [0.25, 0.3) is 0 Å². The molecule has 8 nitrogen and oxygen atoms in total. The lowest BCUT2D eigenvalue weighted by Gasteiger charge is -2.07. The highest BCUT2D eigenvalue weighted by molar-refractivity contribution is 8.15. The molecule has 1 saturated heterocycles. The van der Waals surface area contributed by atoms with Gasteiger partial charge in [0.15, 0.2) is 16.7 Å². The molecule has 1 unspecified atom stereocenters. The molecule has 0 radical (unpaired) electrons. The van der Waals surface area contributed by atoms with Crippen molar-refractivity contribution in [2.45, 2.75) is 18.6 Å². The Labute approximate surface area is 184 Å². The minimum atomic E-state index is -0.358. The van der Waals surface area contributed by atoms with Crippen molar-refractivity contribution in [2.24, 2.45) is 10.2 Å². The third-order valence-electron chi connectivity index (χ3n) is 4.43. The molecule has 0 bridgehead atoms. The first-order valence-corrected chi connectivity index (χ1v) is 10.5. The van der Waals surface area contributed by atoms with Crippen LogP contribution >= 0.6 is 11.8 Å². The van der Waals surface area contributed by atoms with Gasteiger partial charge in [-0.05, 0) is 54.8 Å². The number of nitrogens with one attached hydrogen (secondary N) is 1. The van der Waals surface area contributed by atoms with Crippen LogP contribution in [0, 0.1) is 0 Å². The third-order valence-corrected chi connectivity index (χ3v) is 5.50. The van der Waals surface area contributed by atoms with Crippen LogP contribution in [0.2, 0.25) is 0 Å². The average molecular weight is 442 g/mol. The summed E-state index contributed by atoms with van der Waals surface area (Å²) in [4.78, 5) is 24.0. The van der Waals surface area contributed by atoms with Crippen LogP contribution in [0.5, 0.6) is 11.5 Å². The van der Waals surface area contributed by atoms with Crippen LogP contribution in [0.15, 0.2) is 52.7 Å². The number of rotatable bonds is 8. The van der Waals surface area contributed by atoms with Crippen molar-refractivity contribution in [3.8, 4) is 11.5 Å². The minimum absolute atomic E-state index is 0.125. The van der Waals surface area contributed by atoms with E-state index in [-0.39, 0.29) is 17.1 Å². The summed E-state index contributed by atoms with van der Waals surface area (Å²) in [5.41, 5.74) is 2.21. The molecule has 0 aliphatic carbocycles. The van der Waals surface area contributed by atoms with Gasteiger partial charge in [0.05, 0.1) is 37.9 Å². The molecular formula is C22H23N3O5S. The van der Waals surface area contributed by atoms with Gasteiger partial charge in [-0.25, -0.2) is 4.79 Å². The first kappa shape index (κ1) is 22.4. The fourth-order valence-corrected chi connectivity index (χ4v) is 3.84. The van der Waals surface area contributed by atoms with Crippen LogP contribution in [0.1, 0.15) is 28.4 Å². The van der Waals surface area contributed by atoms with Crippen LogP contribution < -0.4 is 14.8 Å². The predicted octanol–water partition coefficient (Wildman–Crippen LogP) is 3.04. The van der Waals surface area contributed by atoms with Crippen molar-refractivity contribution in [1.29, 1.82) is 0 Å². The topological polar surface area (TPSA) is 98.6 Å². The second kappa shape index (κ2) is 10.6. The lowest BCUT2D eigenvalue weighted by atomic mass is 10.1. The van der Waals surface area contributed by atoms with Crippen molar-refractivity contribution in [1.82, 2.24) is 5.32 Å². The summed E-state index contributed by atoms with van der Waals surface area (Å²) < 4.78 is 15.4. The number of amidine groups is 1. The van der Waals surface area contributed by atoms with E-state index in [4.69, 9.17) is 14.2 Å². The first-order valence-electron chi connectivity index (χ1n) is 9.60. The molecule has 1 amide bonds. The summed E-state index contributed by atoms with van der Waals surface area (Å²) in [6.45, 7) is 2.09. The predicted molar refractivity (Wildman–Crippen MR) is 120 cm³/mol. The highest BCUT2D eigenvalue weighted by Gasteiger charge is 2.30. The average Bonchev–Trinajstić information content (AvgIpc) is 3.13. The maximum absolute atomic E-state index is 12.3. The molecule has 1 heterocycles. The van der Waals surface area contributed by atoms with E-state index in [1.54, 1.807) is 51.6 Å². The minimum Gasteiger partial charge on any atom is -0.493 e. The van der Waals surface area contributed by atoms with Gasteiger partial charge in [-0.1, -0.05) is 23.9 Å². The summed E-state index contributed by atoms with van der Waals surface area (Å²) in [5.74, 6) is 0.739. The molecule has 0 saturated carbocycles. The summed E-state index contributed by atoms with van der Waals surface area (Å²) in [5, 5.41) is 11.0. The zero-order valence-corrected chi connectivity index (χ0v) is 18.3. The number of methoxy groups -OCH3 is 2. The Morgan fingerprint density at radius 3 is 2.55 bits per heavy atom. The Hall–Kier alpha value is -3.33. The van der Waals surface area contributed by atoms with E-state index in [9.17, 15) is 9.59 Å². The number of amides is 1. The molecule has 1 aliphatic rings. The number of hydrogen-bond donors (Lipinski definition) is 1. The number of carbonyl (C=O) groups is 2. The Kier molecular flexibility index (Phi) is 7.66. The molecular weight excluding hydrogens is 418 g/mol. The number of esters is 1. The molecule has 0 spiro atoms. The normalized spacial score (nSPS) is 17.1. The quantitative estimate of drug-likeness (QED) is 0.384. The van der Waals surface area contributed by atoms with Crippen molar-refractivity contribution in [3.05, 3.63) is 59.2 Å². The number of thioether (sulfide) groups is 1. The van der Waals surface area contributed by atoms with Crippen molar-refractivity contribution >= 4 is 35.0 Å². The van der Waals surface area contributed by atoms with Crippen molar-refractivity contribution in [2.75, 3.05) is 20.8 Å². The molecule has 1 atom stereocenters. The highest BCUT2D eigenvalue weighted by atomic mass is 32.2. The van der Waals surface area contributed by atoms with E-state index in [1.807, 2.05) is 18.2 Å². The highest BCUT2D eigenvalue weighted by Crippen LogP contribution is 2.27. The molecule has 1 N–H and O–H groups in total. The van der Waals surface area contributed by atoms with Crippen LogP contribution in [0.4, 0.5) is 0 Å². The Morgan fingerprint density at radius 1 is 1.13 bits per heavy atom. The van der Waals surface area contributed by atoms with Crippen LogP contribution in [-0.4, -0.2) is 49.3 Å². The summed E-state index contributed by atoms with van der Waals surface area (Å²) >= 11 is 1.32. The number of nitrogens with zero attached hydrogens (tertiary/aromatic N) is 2. The van der Waals surface area contributed by atoms with Crippen molar-refractivity contribution in [3.63, 3.8) is 0 Å². The zero-order valence-electron chi connectivity index (χ0n) is 17.5. The summed E-state index contributed by atoms with van der Waals surface area (Å²) in [6.07, 6.45) is 2.08. The summed E-state index contributed by atoms with van der Waals surface area (Å²) in [7, 11) is 3.14. The van der Waals surface area contributed by atoms with Gasteiger partial charge < -0.3 is 19.5 Å². The van der Waals surface area contributed by atoms with E-state index in [0.717, 1.165) is 11.1 Å². The van der Waals surface area contributed by atoms with E-state index in [0.29, 0.717) is 35.3 Å². The van der Waals surface area contributed by atoms with Gasteiger partial charge in [0.25, 0.3) is 0 Å². The largest absolute Gasteiger partial charge is 0.493 e. The number of hydrogen-bond acceptors (Lipinski definition) is 8. The Balaban J connectivity index is 1.60. The maximum Gasteiger partial charge on any atom is 0.338 e. The van der Waals surface area contributed by atoms with Gasteiger partial charge in [0.1, 0.15) is 0 Å². The molecule has 0 aromatic heterocycles. The molecule has 9 heteroatoms. The molecule has 1 aliphatic heterocycles. The maximum atomic E-state index is 12.3. The smallest absolute Gasteiger partial charge is 0.338 e. The van der Waals surface area contributed by atoms with E-state index >= 15 is 0 Å². The van der Waals surface area contributed by atoms with Gasteiger partial charge in [0.2, 0.25) is 5.91 Å². The van der Waals surface area contributed by atoms with E-state index < -0.39 is 0 Å². The monoisotopic (exact) mass is 441 g/mol. The van der Waals surface area contributed by atoms with Gasteiger partial charge in [-0.2, -0.15) is 5.10 Å². The zero-order chi connectivity index (χ0) is 22.2.